The van der Waals surface area contributed by atoms with E-state index >= 15 is 0 Å². The third kappa shape index (κ3) is 5.60. The summed E-state index contributed by atoms with van der Waals surface area (Å²) < 4.78 is 5.78. The Bertz CT molecular complexity index is 789. The van der Waals surface area contributed by atoms with E-state index in [1.807, 2.05) is 78.9 Å². The van der Waals surface area contributed by atoms with Gasteiger partial charge in [-0.15, -0.1) is 0 Å². The van der Waals surface area contributed by atoms with Gasteiger partial charge in [0.05, 0.1) is 6.10 Å². The minimum absolute atomic E-state index is 0.502. The number of hydrogen-bond donors (Lipinski definition) is 2. The Balaban J connectivity index is 1.43. The first-order valence-corrected chi connectivity index (χ1v) is 8.98. The Hall–Kier alpha value is -2.33. The third-order valence-corrected chi connectivity index (χ3v) is 4.35. The van der Waals surface area contributed by atoms with Crippen LogP contribution in [-0.4, -0.2) is 11.7 Å². The van der Waals surface area contributed by atoms with E-state index in [0.717, 1.165) is 27.5 Å². The molecule has 0 saturated carbocycles. The highest BCUT2D eigenvalue weighted by Crippen LogP contribution is 2.16. The van der Waals surface area contributed by atoms with Crippen LogP contribution in [-0.2, 0) is 13.2 Å². The van der Waals surface area contributed by atoms with Crippen LogP contribution in [0.15, 0.2) is 78.9 Å². The number of aliphatic hydroxyl groups is 1. The summed E-state index contributed by atoms with van der Waals surface area (Å²) in [6.07, 6.45) is -0.502. The van der Waals surface area contributed by atoms with Gasteiger partial charge >= 0.3 is 0 Å². The smallest absolute Gasteiger partial charge is 0.119 e. The standard InChI is InChI=1S/C22H22ClNO2/c23-20-10-6-18(7-11-20)16-26-21-12-8-17(9-13-21)14-24-15-22(25)19-4-2-1-3-5-19/h1-13,22,24-25H,14-16H2/t22-/m0/s1. The van der Waals surface area contributed by atoms with Crippen LogP contribution in [0.1, 0.15) is 22.8 Å². The normalized spacial score (nSPS) is 11.9. The fourth-order valence-corrected chi connectivity index (χ4v) is 2.72. The van der Waals surface area contributed by atoms with Crippen LogP contribution >= 0.6 is 11.6 Å². The summed E-state index contributed by atoms with van der Waals surface area (Å²) in [5.74, 6) is 0.827. The zero-order chi connectivity index (χ0) is 18.2. The lowest BCUT2D eigenvalue weighted by Gasteiger charge is -2.12. The maximum Gasteiger partial charge on any atom is 0.119 e. The molecule has 0 radical (unpaired) electrons. The average Bonchev–Trinajstić information content (AvgIpc) is 2.69. The van der Waals surface area contributed by atoms with Crippen LogP contribution in [0.25, 0.3) is 0 Å². The highest BCUT2D eigenvalue weighted by molar-refractivity contribution is 6.30. The Morgan fingerprint density at radius 2 is 1.50 bits per heavy atom. The molecule has 3 rings (SSSR count). The van der Waals surface area contributed by atoms with Gasteiger partial charge in [-0.1, -0.05) is 66.2 Å². The predicted molar refractivity (Wildman–Crippen MR) is 105 cm³/mol. The van der Waals surface area contributed by atoms with E-state index in [4.69, 9.17) is 16.3 Å². The van der Waals surface area contributed by atoms with Gasteiger partial charge in [-0.3, -0.25) is 0 Å². The first-order valence-electron chi connectivity index (χ1n) is 8.60. The molecule has 0 amide bonds. The van der Waals surface area contributed by atoms with Crippen LogP contribution in [0.4, 0.5) is 0 Å². The molecule has 134 valence electrons. The highest BCUT2D eigenvalue weighted by Gasteiger charge is 2.06. The molecular weight excluding hydrogens is 346 g/mol. The van der Waals surface area contributed by atoms with E-state index in [-0.39, 0.29) is 0 Å². The van der Waals surface area contributed by atoms with E-state index in [9.17, 15) is 5.11 Å². The van der Waals surface area contributed by atoms with Crippen molar-refractivity contribution in [2.24, 2.45) is 0 Å². The lowest BCUT2D eigenvalue weighted by Crippen LogP contribution is -2.20. The fourth-order valence-electron chi connectivity index (χ4n) is 2.60. The molecular formula is C22H22ClNO2. The Morgan fingerprint density at radius 1 is 0.846 bits per heavy atom. The van der Waals surface area contributed by atoms with Crippen molar-refractivity contribution < 1.29 is 9.84 Å². The van der Waals surface area contributed by atoms with E-state index in [0.29, 0.717) is 19.7 Å². The number of hydrogen-bond acceptors (Lipinski definition) is 3. The maximum absolute atomic E-state index is 10.1. The van der Waals surface area contributed by atoms with Crippen LogP contribution in [0.3, 0.4) is 0 Å². The van der Waals surface area contributed by atoms with Crippen molar-refractivity contribution in [3.8, 4) is 5.75 Å². The SMILES string of the molecule is O[C@@H](CNCc1ccc(OCc2ccc(Cl)cc2)cc1)c1ccccc1. The van der Waals surface area contributed by atoms with Crippen molar-refractivity contribution >= 4 is 11.6 Å². The molecule has 3 aromatic rings. The molecule has 0 aliphatic rings. The molecule has 4 heteroatoms. The lowest BCUT2D eigenvalue weighted by atomic mass is 10.1. The van der Waals surface area contributed by atoms with Crippen LogP contribution < -0.4 is 10.1 Å². The zero-order valence-electron chi connectivity index (χ0n) is 14.4. The molecule has 1 atom stereocenters. The number of ether oxygens (including phenoxy) is 1. The molecule has 3 aromatic carbocycles. The highest BCUT2D eigenvalue weighted by atomic mass is 35.5. The average molecular weight is 368 g/mol. The first-order chi connectivity index (χ1) is 12.7. The van der Waals surface area contributed by atoms with Crippen LogP contribution in [0.5, 0.6) is 5.75 Å². The molecule has 26 heavy (non-hydrogen) atoms. The number of halogens is 1. The molecule has 0 unspecified atom stereocenters. The minimum Gasteiger partial charge on any atom is -0.489 e. The molecule has 0 aromatic heterocycles. The molecule has 2 N–H and O–H groups in total. The molecule has 0 aliphatic carbocycles. The Labute approximate surface area is 159 Å². The maximum atomic E-state index is 10.1. The molecule has 3 nitrogen and oxygen atoms in total. The minimum atomic E-state index is -0.502. The Morgan fingerprint density at radius 3 is 2.19 bits per heavy atom. The predicted octanol–water partition coefficient (Wildman–Crippen LogP) is 4.74. The number of rotatable bonds is 8. The van der Waals surface area contributed by atoms with E-state index in [1.54, 1.807) is 0 Å². The van der Waals surface area contributed by atoms with Gasteiger partial charge in [-0.2, -0.15) is 0 Å². The quantitative estimate of drug-likeness (QED) is 0.604. The van der Waals surface area contributed by atoms with Crippen molar-refractivity contribution in [3.05, 3.63) is 101 Å². The summed E-state index contributed by atoms with van der Waals surface area (Å²) >= 11 is 5.88. The van der Waals surface area contributed by atoms with Gasteiger partial charge in [0.1, 0.15) is 12.4 Å². The fraction of sp³-hybridized carbons (Fsp3) is 0.182. The molecule has 0 saturated heterocycles. The second-order valence-corrected chi connectivity index (χ2v) is 6.55. The molecule has 0 heterocycles. The summed E-state index contributed by atoms with van der Waals surface area (Å²) in [6.45, 7) is 1.72. The topological polar surface area (TPSA) is 41.5 Å². The van der Waals surface area contributed by atoms with Crippen molar-refractivity contribution in [2.75, 3.05) is 6.54 Å². The first kappa shape index (κ1) is 18.5. The summed E-state index contributed by atoms with van der Waals surface area (Å²) in [5.41, 5.74) is 3.14. The second-order valence-electron chi connectivity index (χ2n) is 6.12. The zero-order valence-corrected chi connectivity index (χ0v) is 15.2. The van der Waals surface area contributed by atoms with Gasteiger partial charge in [0.2, 0.25) is 0 Å². The summed E-state index contributed by atoms with van der Waals surface area (Å²) in [5, 5.41) is 14.2. The molecule has 0 aliphatic heterocycles. The summed E-state index contributed by atoms with van der Waals surface area (Å²) in [6, 6.07) is 25.3. The van der Waals surface area contributed by atoms with Crippen LogP contribution in [0.2, 0.25) is 5.02 Å². The number of nitrogens with one attached hydrogen (secondary N) is 1. The van der Waals surface area contributed by atoms with Crippen molar-refractivity contribution in [1.29, 1.82) is 0 Å². The summed E-state index contributed by atoms with van der Waals surface area (Å²) in [4.78, 5) is 0. The molecule has 0 spiro atoms. The Kier molecular flexibility index (Phi) is 6.67. The largest absolute Gasteiger partial charge is 0.489 e. The van der Waals surface area contributed by atoms with Crippen molar-refractivity contribution in [1.82, 2.24) is 5.32 Å². The van der Waals surface area contributed by atoms with E-state index in [1.165, 1.54) is 0 Å². The van der Waals surface area contributed by atoms with Gasteiger partial charge in [0, 0.05) is 18.1 Å². The van der Waals surface area contributed by atoms with Gasteiger partial charge in [-0.25, -0.2) is 0 Å². The molecule has 0 fully saturated rings. The second kappa shape index (κ2) is 9.39. The third-order valence-electron chi connectivity index (χ3n) is 4.09. The summed E-state index contributed by atoms with van der Waals surface area (Å²) in [7, 11) is 0. The van der Waals surface area contributed by atoms with Gasteiger partial charge in [0.15, 0.2) is 0 Å². The van der Waals surface area contributed by atoms with E-state index in [2.05, 4.69) is 5.32 Å². The van der Waals surface area contributed by atoms with E-state index < -0.39 is 6.10 Å². The van der Waals surface area contributed by atoms with Crippen molar-refractivity contribution in [3.63, 3.8) is 0 Å². The number of aliphatic hydroxyl groups excluding tert-OH is 1. The van der Waals surface area contributed by atoms with Gasteiger partial charge in [-0.05, 0) is 41.0 Å². The molecule has 0 bridgehead atoms. The van der Waals surface area contributed by atoms with Crippen molar-refractivity contribution in [2.45, 2.75) is 19.3 Å². The lowest BCUT2D eigenvalue weighted by molar-refractivity contribution is 0.174. The van der Waals surface area contributed by atoms with Crippen LogP contribution in [0, 0.1) is 0 Å². The van der Waals surface area contributed by atoms with Gasteiger partial charge in [0.25, 0.3) is 0 Å². The monoisotopic (exact) mass is 367 g/mol. The van der Waals surface area contributed by atoms with Gasteiger partial charge < -0.3 is 15.2 Å². The number of benzene rings is 3.